The molecule has 23 heavy (non-hydrogen) atoms. The van der Waals surface area contributed by atoms with Crippen LogP contribution in [0.15, 0.2) is 53.3 Å². The van der Waals surface area contributed by atoms with Gasteiger partial charge in [-0.15, -0.1) is 5.10 Å². The Hall–Kier alpha value is -3.35. The number of hydrogen-bond donors (Lipinski definition) is 0. The molecule has 3 rings (SSSR count). The molecule has 0 radical (unpaired) electrons. The molecule has 1 aromatic heterocycles. The van der Waals surface area contributed by atoms with Crippen molar-refractivity contribution in [2.24, 2.45) is 0 Å². The van der Waals surface area contributed by atoms with E-state index in [1.54, 1.807) is 24.3 Å². The van der Waals surface area contributed by atoms with Crippen molar-refractivity contribution in [2.75, 3.05) is 0 Å². The average Bonchev–Trinajstić information content (AvgIpc) is 2.61. The van der Waals surface area contributed by atoms with Gasteiger partial charge in [0.05, 0.1) is 10.9 Å². The highest BCUT2D eigenvalue weighted by molar-refractivity contribution is 5.90. The maximum Gasteiger partial charge on any atom is 0.339 e. The molecule has 7 heteroatoms. The molecule has 0 fully saturated rings. The second-order valence-electron chi connectivity index (χ2n) is 4.71. The number of hydrogen-bond acceptors (Lipinski definition) is 6. The van der Waals surface area contributed by atoms with Crippen molar-refractivity contribution in [2.45, 2.75) is 6.73 Å². The summed E-state index contributed by atoms with van der Waals surface area (Å²) in [6, 6.07) is 12.7. The number of nitrogens with zero attached hydrogens (tertiary/aromatic N) is 3. The van der Waals surface area contributed by atoms with Gasteiger partial charge in [-0.05, 0) is 24.3 Å². The first-order valence-electron chi connectivity index (χ1n) is 6.74. The normalized spacial score (nSPS) is 10.4. The van der Waals surface area contributed by atoms with E-state index in [0.29, 0.717) is 22.8 Å². The van der Waals surface area contributed by atoms with Gasteiger partial charge in [-0.25, -0.2) is 4.79 Å². The molecule has 0 aliphatic rings. The summed E-state index contributed by atoms with van der Waals surface area (Å²) in [7, 11) is 0. The number of rotatable bonds is 4. The molecule has 0 bridgehead atoms. The monoisotopic (exact) mass is 309 g/mol. The van der Waals surface area contributed by atoms with Crippen LogP contribution in [0, 0.1) is 0 Å². The Kier molecular flexibility index (Phi) is 3.92. The number of carbonyl (C=O) groups excluding carboxylic acids is 2. The summed E-state index contributed by atoms with van der Waals surface area (Å²) in [5, 5.41) is 8.03. The fraction of sp³-hybridized carbons (Fsp3) is 0.0625. The average molecular weight is 309 g/mol. The number of fused-ring (bicyclic) bond motifs is 1. The molecule has 7 nitrogen and oxygen atoms in total. The first-order valence-corrected chi connectivity index (χ1v) is 6.74. The van der Waals surface area contributed by atoms with E-state index in [2.05, 4.69) is 10.3 Å². The van der Waals surface area contributed by atoms with Crippen LogP contribution in [0.2, 0.25) is 0 Å². The van der Waals surface area contributed by atoms with E-state index in [1.807, 2.05) is 0 Å². The lowest BCUT2D eigenvalue weighted by Crippen LogP contribution is -2.26. The number of carbonyl (C=O) groups is 2. The SMILES string of the molecule is O=Cc1ccc(C(=O)OCn2nnc3ccccc3c2=O)cc1. The lowest BCUT2D eigenvalue weighted by atomic mass is 10.1. The van der Waals surface area contributed by atoms with Gasteiger partial charge >= 0.3 is 5.97 Å². The van der Waals surface area contributed by atoms with E-state index < -0.39 is 5.97 Å². The molecule has 0 atom stereocenters. The van der Waals surface area contributed by atoms with Crippen molar-refractivity contribution >= 4 is 23.2 Å². The Balaban J connectivity index is 1.77. The first kappa shape index (κ1) is 14.6. The Bertz CT molecular complexity index is 932. The van der Waals surface area contributed by atoms with Crippen molar-refractivity contribution in [3.05, 3.63) is 70.0 Å². The highest BCUT2D eigenvalue weighted by atomic mass is 16.5. The number of aromatic nitrogens is 3. The van der Waals surface area contributed by atoms with Gasteiger partial charge in [0.2, 0.25) is 0 Å². The molecule has 0 saturated carbocycles. The molecule has 3 aromatic rings. The Morgan fingerprint density at radius 3 is 2.61 bits per heavy atom. The van der Waals surface area contributed by atoms with Crippen LogP contribution < -0.4 is 5.56 Å². The second kappa shape index (κ2) is 6.18. The van der Waals surface area contributed by atoms with Gasteiger partial charge in [0.15, 0.2) is 6.73 Å². The quantitative estimate of drug-likeness (QED) is 0.534. The molecule has 0 aliphatic heterocycles. The minimum atomic E-state index is -0.621. The minimum Gasteiger partial charge on any atom is -0.439 e. The van der Waals surface area contributed by atoms with Crippen molar-refractivity contribution in [3.8, 4) is 0 Å². The zero-order valence-corrected chi connectivity index (χ0v) is 11.9. The van der Waals surface area contributed by atoms with Crippen LogP contribution in [-0.4, -0.2) is 27.2 Å². The van der Waals surface area contributed by atoms with Gasteiger partial charge in [-0.1, -0.05) is 29.5 Å². The lowest BCUT2D eigenvalue weighted by molar-refractivity contribution is 0.0336. The van der Waals surface area contributed by atoms with Crippen molar-refractivity contribution < 1.29 is 14.3 Å². The second-order valence-corrected chi connectivity index (χ2v) is 4.71. The maximum atomic E-state index is 12.2. The zero-order chi connectivity index (χ0) is 16.2. The fourth-order valence-electron chi connectivity index (χ4n) is 2.01. The Morgan fingerprint density at radius 1 is 1.13 bits per heavy atom. The Labute approximate surface area is 130 Å². The highest BCUT2D eigenvalue weighted by Crippen LogP contribution is 2.06. The maximum absolute atomic E-state index is 12.2. The third-order valence-electron chi connectivity index (χ3n) is 3.23. The van der Waals surface area contributed by atoms with Crippen LogP contribution in [-0.2, 0) is 11.5 Å². The number of aldehydes is 1. The molecule has 0 N–H and O–H groups in total. The van der Waals surface area contributed by atoms with Gasteiger partial charge in [0.1, 0.15) is 11.8 Å². The Morgan fingerprint density at radius 2 is 1.87 bits per heavy atom. The van der Waals surface area contributed by atoms with E-state index >= 15 is 0 Å². The van der Waals surface area contributed by atoms with Gasteiger partial charge < -0.3 is 4.74 Å². The summed E-state index contributed by atoms with van der Waals surface area (Å²) < 4.78 is 6.02. The third-order valence-corrected chi connectivity index (χ3v) is 3.23. The van der Waals surface area contributed by atoms with E-state index in [9.17, 15) is 14.4 Å². The van der Waals surface area contributed by atoms with Crippen LogP contribution in [0.5, 0.6) is 0 Å². The molecule has 0 unspecified atom stereocenters. The summed E-state index contributed by atoms with van der Waals surface area (Å²) >= 11 is 0. The molecule has 0 spiro atoms. The highest BCUT2D eigenvalue weighted by Gasteiger charge is 2.10. The molecular weight excluding hydrogens is 298 g/mol. The molecule has 2 aromatic carbocycles. The van der Waals surface area contributed by atoms with Gasteiger partial charge in [-0.3, -0.25) is 9.59 Å². The molecular formula is C16H11N3O4. The number of benzene rings is 2. The minimum absolute atomic E-state index is 0.275. The smallest absolute Gasteiger partial charge is 0.339 e. The van der Waals surface area contributed by atoms with Crippen LogP contribution in [0.1, 0.15) is 20.7 Å². The molecule has 114 valence electrons. The standard InChI is InChI=1S/C16H11N3O4/c20-9-11-5-7-12(8-6-11)16(22)23-10-19-15(21)13-3-1-2-4-14(13)17-18-19/h1-9H,10H2. The van der Waals surface area contributed by atoms with Crippen LogP contribution in [0.3, 0.4) is 0 Å². The van der Waals surface area contributed by atoms with Crippen molar-refractivity contribution in [3.63, 3.8) is 0 Å². The summed E-state index contributed by atoms with van der Waals surface area (Å²) in [6.07, 6.45) is 0.680. The van der Waals surface area contributed by atoms with Gasteiger partial charge in [0, 0.05) is 5.56 Å². The van der Waals surface area contributed by atoms with Crippen molar-refractivity contribution in [1.29, 1.82) is 0 Å². The number of esters is 1. The van der Waals surface area contributed by atoms with E-state index in [4.69, 9.17) is 4.74 Å². The van der Waals surface area contributed by atoms with Crippen LogP contribution in [0.4, 0.5) is 0 Å². The predicted octanol–water partition coefficient (Wildman–Crippen LogP) is 1.42. The van der Waals surface area contributed by atoms with E-state index in [-0.39, 0.29) is 17.9 Å². The first-order chi connectivity index (χ1) is 11.2. The molecule has 1 heterocycles. The summed E-state index contributed by atoms with van der Waals surface area (Å²) in [6.45, 7) is -0.342. The largest absolute Gasteiger partial charge is 0.439 e. The van der Waals surface area contributed by atoms with Crippen LogP contribution in [0.25, 0.3) is 10.9 Å². The van der Waals surface area contributed by atoms with E-state index in [1.165, 1.54) is 24.3 Å². The van der Waals surface area contributed by atoms with Gasteiger partial charge in [-0.2, -0.15) is 4.68 Å². The topological polar surface area (TPSA) is 91.2 Å². The zero-order valence-electron chi connectivity index (χ0n) is 11.9. The van der Waals surface area contributed by atoms with Gasteiger partial charge in [0.25, 0.3) is 5.56 Å². The summed E-state index contributed by atoms with van der Waals surface area (Å²) in [5.41, 5.74) is 0.819. The predicted molar refractivity (Wildman–Crippen MR) is 81.0 cm³/mol. The molecule has 0 aliphatic carbocycles. The van der Waals surface area contributed by atoms with E-state index in [0.717, 1.165) is 4.68 Å². The van der Waals surface area contributed by atoms with Crippen LogP contribution >= 0.6 is 0 Å². The lowest BCUT2D eigenvalue weighted by Gasteiger charge is -2.06. The molecule has 0 amide bonds. The number of ether oxygens (including phenoxy) is 1. The van der Waals surface area contributed by atoms with Crippen molar-refractivity contribution in [1.82, 2.24) is 15.0 Å². The third kappa shape index (κ3) is 2.98. The summed E-state index contributed by atoms with van der Waals surface area (Å²) in [4.78, 5) is 34.7. The summed E-state index contributed by atoms with van der Waals surface area (Å²) in [5.74, 6) is -0.621. The fourth-order valence-corrected chi connectivity index (χ4v) is 2.01. The molecule has 0 saturated heterocycles.